The topological polar surface area (TPSA) is 117 Å². The zero-order valence-electron chi connectivity index (χ0n) is 20.4. The Morgan fingerprint density at radius 3 is 2.11 bits per heavy atom. The first kappa shape index (κ1) is 27.5. The molecule has 0 spiro atoms. The average Bonchev–Trinajstić information content (AvgIpc) is 2.87. The number of benzene rings is 2. The summed E-state index contributed by atoms with van der Waals surface area (Å²) in [5, 5.41) is 3.06. The Morgan fingerprint density at radius 1 is 0.886 bits per heavy atom. The van der Waals surface area contributed by atoms with Crippen LogP contribution < -0.4 is 14.8 Å². The van der Waals surface area contributed by atoms with Crippen molar-refractivity contribution in [2.45, 2.75) is 52.2 Å². The molecule has 0 heterocycles. The Balaban J connectivity index is 2.10. The Kier molecular flexibility index (Phi) is 10.9. The molecule has 2 rings (SSSR count). The minimum Gasteiger partial charge on any atom is -0.468 e. The Labute approximate surface area is 204 Å². The lowest BCUT2D eigenvalue weighted by molar-refractivity contribution is -0.143. The van der Waals surface area contributed by atoms with Crippen LogP contribution in [0.3, 0.4) is 0 Å². The number of carbonyl (C=O) groups excluding carboxylic acids is 4. The first-order valence-corrected chi connectivity index (χ1v) is 11.4. The van der Waals surface area contributed by atoms with Crippen molar-refractivity contribution in [2.24, 2.45) is 0 Å². The molecule has 0 aliphatic heterocycles. The fourth-order valence-electron chi connectivity index (χ4n) is 3.02. The van der Waals surface area contributed by atoms with E-state index in [1.807, 2.05) is 0 Å². The van der Waals surface area contributed by atoms with Crippen molar-refractivity contribution >= 4 is 23.9 Å². The quantitative estimate of drug-likeness (QED) is 0.357. The van der Waals surface area contributed by atoms with Crippen LogP contribution in [0.2, 0.25) is 0 Å². The first-order valence-electron chi connectivity index (χ1n) is 11.4. The normalized spacial score (nSPS) is 12.2. The summed E-state index contributed by atoms with van der Waals surface area (Å²) in [4.78, 5) is 48.2. The zero-order chi connectivity index (χ0) is 25.8. The molecule has 2 aromatic rings. The first-order chi connectivity index (χ1) is 16.8. The molecule has 35 heavy (non-hydrogen) atoms. The Morgan fingerprint density at radius 2 is 1.51 bits per heavy atom. The predicted octanol–water partition coefficient (Wildman–Crippen LogP) is 3.24. The number of rotatable bonds is 12. The van der Waals surface area contributed by atoms with Gasteiger partial charge in [0.05, 0.1) is 12.7 Å². The minimum atomic E-state index is -0.767. The zero-order valence-corrected chi connectivity index (χ0v) is 20.4. The molecule has 1 N–H and O–H groups in total. The number of hydrogen-bond acceptors (Lipinski definition) is 9. The van der Waals surface area contributed by atoms with Gasteiger partial charge in [0.1, 0.15) is 12.1 Å². The molecule has 0 saturated heterocycles. The van der Waals surface area contributed by atoms with E-state index in [-0.39, 0.29) is 37.3 Å². The fourth-order valence-corrected chi connectivity index (χ4v) is 3.02. The number of esters is 4. The van der Waals surface area contributed by atoms with Gasteiger partial charge in [0.25, 0.3) is 0 Å². The highest BCUT2D eigenvalue weighted by Crippen LogP contribution is 2.30. The second-order valence-electron chi connectivity index (χ2n) is 7.71. The molecule has 0 saturated carbocycles. The van der Waals surface area contributed by atoms with Gasteiger partial charge in [0, 0.05) is 19.4 Å². The highest BCUT2D eigenvalue weighted by Gasteiger charge is 2.23. The van der Waals surface area contributed by atoms with Crippen molar-refractivity contribution in [2.75, 3.05) is 13.7 Å². The SMILES string of the molecule is CCC(=O)Oc1ccc(C[C@H](NCC(C)OC(=O)c2ccccc2)C(=O)OC)cc1OC(=O)CC. The van der Waals surface area contributed by atoms with Gasteiger partial charge in [0.2, 0.25) is 0 Å². The van der Waals surface area contributed by atoms with E-state index in [9.17, 15) is 19.2 Å². The van der Waals surface area contributed by atoms with Gasteiger partial charge >= 0.3 is 23.9 Å². The highest BCUT2D eigenvalue weighted by atomic mass is 16.6. The summed E-state index contributed by atoms with van der Waals surface area (Å²) < 4.78 is 20.9. The summed E-state index contributed by atoms with van der Waals surface area (Å²) in [6, 6.07) is 12.6. The molecule has 9 nitrogen and oxygen atoms in total. The molecule has 0 radical (unpaired) electrons. The summed E-state index contributed by atoms with van der Waals surface area (Å²) >= 11 is 0. The van der Waals surface area contributed by atoms with Crippen LogP contribution in [0.1, 0.15) is 49.5 Å². The van der Waals surface area contributed by atoms with Gasteiger partial charge in [-0.1, -0.05) is 38.1 Å². The van der Waals surface area contributed by atoms with Crippen LogP contribution in [-0.4, -0.2) is 49.7 Å². The molecule has 0 amide bonds. The molecule has 0 bridgehead atoms. The molecule has 0 fully saturated rings. The molecule has 0 aliphatic carbocycles. The van der Waals surface area contributed by atoms with E-state index < -0.39 is 36.0 Å². The number of carbonyl (C=O) groups is 4. The third-order valence-corrected chi connectivity index (χ3v) is 4.93. The van der Waals surface area contributed by atoms with Crippen molar-refractivity contribution < 1.29 is 38.1 Å². The lowest BCUT2D eigenvalue weighted by Crippen LogP contribution is -2.43. The number of methoxy groups -OCH3 is 1. The third kappa shape index (κ3) is 8.86. The number of hydrogen-bond donors (Lipinski definition) is 1. The van der Waals surface area contributed by atoms with E-state index in [2.05, 4.69) is 5.32 Å². The van der Waals surface area contributed by atoms with Crippen molar-refractivity contribution in [3.05, 3.63) is 59.7 Å². The fraction of sp³-hybridized carbons (Fsp3) is 0.385. The Bertz CT molecular complexity index is 1020. The molecular weight excluding hydrogens is 454 g/mol. The monoisotopic (exact) mass is 485 g/mol. The van der Waals surface area contributed by atoms with Gasteiger partial charge in [-0.25, -0.2) is 4.79 Å². The Hall–Kier alpha value is -3.72. The van der Waals surface area contributed by atoms with Crippen molar-refractivity contribution in [1.29, 1.82) is 0 Å². The second-order valence-corrected chi connectivity index (χ2v) is 7.71. The maximum absolute atomic E-state index is 12.4. The van der Waals surface area contributed by atoms with Crippen LogP contribution in [0.15, 0.2) is 48.5 Å². The summed E-state index contributed by atoms with van der Waals surface area (Å²) in [5.74, 6) is -1.74. The maximum Gasteiger partial charge on any atom is 0.338 e. The lowest BCUT2D eigenvalue weighted by Gasteiger charge is -2.20. The standard InChI is InChI=1S/C26H31NO8/c1-5-23(28)34-21-13-12-18(15-22(21)35-24(29)6-2)14-20(26(31)32-4)27-16-17(3)33-25(30)19-10-8-7-9-11-19/h7-13,15,17,20,27H,5-6,14,16H2,1-4H3/t17?,20-/m0/s1. The van der Waals surface area contributed by atoms with E-state index in [0.29, 0.717) is 11.1 Å². The molecule has 0 aromatic heterocycles. The van der Waals surface area contributed by atoms with Gasteiger partial charge in [-0.3, -0.25) is 14.4 Å². The molecule has 0 aliphatic rings. The van der Waals surface area contributed by atoms with E-state index in [1.165, 1.54) is 13.2 Å². The van der Waals surface area contributed by atoms with Crippen LogP contribution in [0.5, 0.6) is 11.5 Å². The van der Waals surface area contributed by atoms with E-state index in [4.69, 9.17) is 18.9 Å². The van der Waals surface area contributed by atoms with Crippen LogP contribution in [0.4, 0.5) is 0 Å². The maximum atomic E-state index is 12.4. The minimum absolute atomic E-state index is 0.0879. The largest absolute Gasteiger partial charge is 0.468 e. The number of nitrogens with one attached hydrogen (secondary N) is 1. The predicted molar refractivity (Wildman–Crippen MR) is 127 cm³/mol. The third-order valence-electron chi connectivity index (χ3n) is 4.93. The van der Waals surface area contributed by atoms with E-state index >= 15 is 0 Å². The van der Waals surface area contributed by atoms with Gasteiger partial charge in [-0.05, 0) is 43.2 Å². The molecule has 2 aromatic carbocycles. The van der Waals surface area contributed by atoms with E-state index in [1.54, 1.807) is 63.2 Å². The van der Waals surface area contributed by atoms with Crippen molar-refractivity contribution in [3.8, 4) is 11.5 Å². The highest BCUT2D eigenvalue weighted by molar-refractivity contribution is 5.89. The van der Waals surface area contributed by atoms with Crippen LogP contribution in [-0.2, 0) is 30.3 Å². The molecule has 188 valence electrons. The van der Waals surface area contributed by atoms with Crippen molar-refractivity contribution in [1.82, 2.24) is 5.32 Å². The van der Waals surface area contributed by atoms with Crippen LogP contribution in [0, 0.1) is 0 Å². The summed E-state index contributed by atoms with van der Waals surface area (Å²) in [6.45, 7) is 5.20. The second kappa shape index (κ2) is 13.9. The van der Waals surface area contributed by atoms with Crippen LogP contribution in [0.25, 0.3) is 0 Å². The van der Waals surface area contributed by atoms with E-state index in [0.717, 1.165) is 0 Å². The van der Waals surface area contributed by atoms with Gasteiger partial charge in [-0.15, -0.1) is 0 Å². The van der Waals surface area contributed by atoms with Crippen molar-refractivity contribution in [3.63, 3.8) is 0 Å². The molecule has 1 unspecified atom stereocenters. The smallest absolute Gasteiger partial charge is 0.338 e. The molecule has 9 heteroatoms. The number of ether oxygens (including phenoxy) is 4. The average molecular weight is 486 g/mol. The molecular formula is C26H31NO8. The summed E-state index contributed by atoms with van der Waals surface area (Å²) in [7, 11) is 1.28. The van der Waals surface area contributed by atoms with Gasteiger partial charge in [0.15, 0.2) is 11.5 Å². The van der Waals surface area contributed by atoms with Crippen LogP contribution >= 0.6 is 0 Å². The van der Waals surface area contributed by atoms with Gasteiger partial charge in [-0.2, -0.15) is 0 Å². The van der Waals surface area contributed by atoms with Gasteiger partial charge < -0.3 is 24.3 Å². The summed E-state index contributed by atoms with van der Waals surface area (Å²) in [5.41, 5.74) is 1.07. The lowest BCUT2D eigenvalue weighted by atomic mass is 10.0. The molecule has 2 atom stereocenters. The summed E-state index contributed by atoms with van der Waals surface area (Å²) in [6.07, 6.45) is -0.0430.